The fourth-order valence-corrected chi connectivity index (χ4v) is 5.15. The van der Waals surface area contributed by atoms with Crippen molar-refractivity contribution in [3.8, 4) is 5.69 Å². The van der Waals surface area contributed by atoms with Crippen molar-refractivity contribution in [3.63, 3.8) is 0 Å². The molecule has 1 aliphatic heterocycles. The number of sulfonamides is 1. The number of aromatic nitrogens is 3. The number of para-hydroxylation sites is 1. The molecule has 0 radical (unpaired) electrons. The predicted molar refractivity (Wildman–Crippen MR) is 109 cm³/mol. The summed E-state index contributed by atoms with van der Waals surface area (Å²) in [6, 6.07) is 12.6. The van der Waals surface area contributed by atoms with E-state index in [1.165, 1.54) is 0 Å². The topological polar surface area (TPSA) is 63.4 Å². The Hall–Kier alpha value is -2.47. The van der Waals surface area contributed by atoms with Crippen LogP contribution in [0, 0.1) is 16.4 Å². The van der Waals surface area contributed by atoms with Gasteiger partial charge in [-0.05, 0) is 36.5 Å². The highest BCUT2D eigenvalue weighted by molar-refractivity contribution is 7.89. The molecule has 11 heteroatoms. The van der Waals surface area contributed by atoms with Crippen LogP contribution in [0.1, 0.15) is 0 Å². The first-order valence-corrected chi connectivity index (χ1v) is 11.1. The Morgan fingerprint density at radius 2 is 1.57 bits per heavy atom. The molecule has 158 valence electrons. The predicted octanol–water partition coefficient (Wildman–Crippen LogP) is 2.65. The van der Waals surface area contributed by atoms with Gasteiger partial charge in [0, 0.05) is 31.9 Å². The summed E-state index contributed by atoms with van der Waals surface area (Å²) in [6.45, 7) is 1.39. The van der Waals surface area contributed by atoms with Gasteiger partial charge in [-0.1, -0.05) is 24.3 Å². The summed E-state index contributed by atoms with van der Waals surface area (Å²) < 4.78 is 58.4. The van der Waals surface area contributed by atoms with Crippen molar-refractivity contribution >= 4 is 22.2 Å². The first-order valence-electron chi connectivity index (χ1n) is 9.24. The van der Waals surface area contributed by atoms with Crippen molar-refractivity contribution in [1.29, 1.82) is 0 Å². The molecule has 1 aromatic heterocycles. The normalized spacial score (nSPS) is 16.1. The summed E-state index contributed by atoms with van der Waals surface area (Å²) in [5.74, 6) is -2.18. The second-order valence-corrected chi connectivity index (χ2v) is 9.07. The molecule has 0 amide bonds. The molecule has 30 heavy (non-hydrogen) atoms. The fourth-order valence-electron chi connectivity index (χ4n) is 3.36. The molecule has 4 rings (SSSR count). The molecule has 1 aliphatic rings. The van der Waals surface area contributed by atoms with Crippen molar-refractivity contribution in [1.82, 2.24) is 23.6 Å². The average molecular weight is 452 g/mol. The molecule has 0 aliphatic carbocycles. The summed E-state index contributed by atoms with van der Waals surface area (Å²) in [5, 5.41) is 4.33. The monoisotopic (exact) mass is 451 g/mol. The van der Waals surface area contributed by atoms with E-state index >= 15 is 0 Å². The molecule has 0 unspecified atom stereocenters. The number of rotatable bonds is 5. The highest BCUT2D eigenvalue weighted by Gasteiger charge is 2.33. The lowest BCUT2D eigenvalue weighted by Crippen LogP contribution is -2.49. The molecule has 2 heterocycles. The molecular weight excluding hydrogens is 432 g/mol. The van der Waals surface area contributed by atoms with E-state index in [-0.39, 0.29) is 13.1 Å². The van der Waals surface area contributed by atoms with Crippen LogP contribution in [0.15, 0.2) is 59.8 Å². The van der Waals surface area contributed by atoms with Gasteiger partial charge in [0.05, 0.1) is 6.67 Å². The Labute approximate surface area is 177 Å². The van der Waals surface area contributed by atoms with Gasteiger partial charge >= 0.3 is 0 Å². The highest BCUT2D eigenvalue weighted by atomic mass is 32.2. The van der Waals surface area contributed by atoms with Crippen LogP contribution >= 0.6 is 12.2 Å². The third-order valence-corrected chi connectivity index (χ3v) is 7.31. The average Bonchev–Trinajstić information content (AvgIpc) is 3.09. The minimum Gasteiger partial charge on any atom is -0.282 e. The molecule has 7 nitrogen and oxygen atoms in total. The summed E-state index contributed by atoms with van der Waals surface area (Å²) in [5.41, 5.74) is 0.900. The minimum atomic E-state index is -4.25. The first kappa shape index (κ1) is 20.8. The third kappa shape index (κ3) is 3.93. The molecule has 0 N–H and O–H groups in total. The molecular formula is C19H19F2N5O2S2. The number of hydrogen-bond acceptors (Lipinski definition) is 5. The van der Waals surface area contributed by atoms with Crippen LogP contribution < -0.4 is 0 Å². The largest absolute Gasteiger partial charge is 0.282 e. The minimum absolute atomic E-state index is 0.114. The van der Waals surface area contributed by atoms with E-state index in [0.29, 0.717) is 24.5 Å². The van der Waals surface area contributed by atoms with E-state index in [2.05, 4.69) is 5.10 Å². The number of piperazine rings is 1. The van der Waals surface area contributed by atoms with Crippen molar-refractivity contribution in [2.45, 2.75) is 11.6 Å². The van der Waals surface area contributed by atoms with E-state index < -0.39 is 26.6 Å². The van der Waals surface area contributed by atoms with E-state index in [1.807, 2.05) is 35.2 Å². The molecule has 3 aromatic rings. The number of nitrogens with zero attached hydrogens (tertiary/aromatic N) is 5. The third-order valence-electron chi connectivity index (χ3n) is 4.95. The van der Waals surface area contributed by atoms with Gasteiger partial charge in [0.15, 0.2) is 4.90 Å². The number of benzene rings is 2. The van der Waals surface area contributed by atoms with Gasteiger partial charge in [-0.3, -0.25) is 9.47 Å². The maximum absolute atomic E-state index is 14.0. The second kappa shape index (κ2) is 8.34. The first-order chi connectivity index (χ1) is 14.4. The summed E-state index contributed by atoms with van der Waals surface area (Å²) >= 11 is 5.50. The van der Waals surface area contributed by atoms with Crippen LogP contribution in [0.5, 0.6) is 0 Å². The van der Waals surface area contributed by atoms with Crippen LogP contribution in [0.4, 0.5) is 8.78 Å². The van der Waals surface area contributed by atoms with Crippen LogP contribution in [0.2, 0.25) is 0 Å². The molecule has 0 bridgehead atoms. The Bertz CT molecular complexity index is 1180. The second-order valence-electron chi connectivity index (χ2n) is 6.83. The highest BCUT2D eigenvalue weighted by Crippen LogP contribution is 2.23. The molecule has 0 saturated carbocycles. The zero-order valence-electron chi connectivity index (χ0n) is 15.9. The van der Waals surface area contributed by atoms with E-state index in [1.54, 1.807) is 15.6 Å². The van der Waals surface area contributed by atoms with Crippen LogP contribution in [-0.4, -0.2) is 58.1 Å². The lowest BCUT2D eigenvalue weighted by molar-refractivity contribution is 0.144. The van der Waals surface area contributed by atoms with Crippen LogP contribution in [-0.2, 0) is 16.7 Å². The van der Waals surface area contributed by atoms with Gasteiger partial charge in [-0.15, -0.1) is 0 Å². The molecule has 0 atom stereocenters. The lowest BCUT2D eigenvalue weighted by Gasteiger charge is -2.33. The zero-order chi connectivity index (χ0) is 21.3. The van der Waals surface area contributed by atoms with Crippen LogP contribution in [0.3, 0.4) is 0 Å². The molecule has 1 fully saturated rings. The van der Waals surface area contributed by atoms with E-state index in [4.69, 9.17) is 12.2 Å². The zero-order valence-corrected chi connectivity index (χ0v) is 17.5. The van der Waals surface area contributed by atoms with Gasteiger partial charge in [-0.2, -0.15) is 9.40 Å². The Balaban J connectivity index is 1.45. The van der Waals surface area contributed by atoms with Crippen molar-refractivity contribution < 1.29 is 17.2 Å². The summed E-state index contributed by atoms with van der Waals surface area (Å²) in [7, 11) is -4.25. The van der Waals surface area contributed by atoms with Gasteiger partial charge in [0.2, 0.25) is 14.8 Å². The van der Waals surface area contributed by atoms with Gasteiger partial charge in [0.25, 0.3) is 0 Å². The standard InChI is InChI=1S/C19H19F2N5O2S2/c20-16-7-4-8-17(21)18(16)30(27,28)24-11-9-23(10-12-24)14-26-19(29)25(13-22-26)15-5-2-1-3-6-15/h1-8,13H,9-12,14H2. The van der Waals surface area contributed by atoms with Crippen molar-refractivity contribution in [2.24, 2.45) is 0 Å². The molecule has 2 aromatic carbocycles. The number of halogens is 2. The lowest BCUT2D eigenvalue weighted by atomic mass is 10.3. The Morgan fingerprint density at radius 3 is 2.20 bits per heavy atom. The number of hydrogen-bond donors (Lipinski definition) is 0. The SMILES string of the molecule is O=S(=O)(c1c(F)cccc1F)N1CCN(Cn2ncn(-c3ccccc3)c2=S)CC1. The van der Waals surface area contributed by atoms with Crippen LogP contribution in [0.25, 0.3) is 5.69 Å². The maximum Gasteiger partial charge on any atom is 0.249 e. The van der Waals surface area contributed by atoms with Crippen molar-refractivity contribution in [3.05, 3.63) is 71.3 Å². The van der Waals surface area contributed by atoms with E-state index in [9.17, 15) is 17.2 Å². The smallest absolute Gasteiger partial charge is 0.249 e. The Kier molecular flexibility index (Phi) is 5.78. The summed E-state index contributed by atoms with van der Waals surface area (Å²) in [6.07, 6.45) is 1.64. The Morgan fingerprint density at radius 1 is 0.933 bits per heavy atom. The van der Waals surface area contributed by atoms with Crippen molar-refractivity contribution in [2.75, 3.05) is 26.2 Å². The van der Waals surface area contributed by atoms with Gasteiger partial charge in [0.1, 0.15) is 18.0 Å². The van der Waals surface area contributed by atoms with Gasteiger partial charge < -0.3 is 0 Å². The fraction of sp³-hybridized carbons (Fsp3) is 0.263. The van der Waals surface area contributed by atoms with Gasteiger partial charge in [-0.25, -0.2) is 21.9 Å². The molecule has 0 spiro atoms. The molecule has 1 saturated heterocycles. The summed E-state index contributed by atoms with van der Waals surface area (Å²) in [4.78, 5) is 1.09. The maximum atomic E-state index is 14.0. The quantitative estimate of drug-likeness (QED) is 0.558. The van der Waals surface area contributed by atoms with E-state index in [0.717, 1.165) is 28.2 Å².